The van der Waals surface area contributed by atoms with Gasteiger partial charge in [0.1, 0.15) is 5.08 Å². The van der Waals surface area contributed by atoms with Gasteiger partial charge in [-0.2, -0.15) is 5.90 Å². The van der Waals surface area contributed by atoms with Gasteiger partial charge in [0.05, 0.1) is 0 Å². The summed E-state index contributed by atoms with van der Waals surface area (Å²) < 4.78 is 0. The van der Waals surface area contributed by atoms with Crippen LogP contribution in [0.15, 0.2) is 5.34 Å². The van der Waals surface area contributed by atoms with Gasteiger partial charge < -0.3 is 5.21 Å². The fourth-order valence-corrected chi connectivity index (χ4v) is 0.0657. The van der Waals surface area contributed by atoms with E-state index >= 15 is 0 Å². The van der Waals surface area contributed by atoms with E-state index in [0.717, 1.165) is 0 Å². The Labute approximate surface area is 43.5 Å². The third kappa shape index (κ3) is 2.39. The SMILES string of the molecule is NO[N+](N)([O-])ON=O. The van der Waals surface area contributed by atoms with Crippen LogP contribution in [0.25, 0.3) is 0 Å². The molecule has 8 heteroatoms. The Morgan fingerprint density at radius 1 is 1.75 bits per heavy atom. The van der Waals surface area contributed by atoms with Crippen molar-refractivity contribution >= 4 is 0 Å². The van der Waals surface area contributed by atoms with E-state index in [4.69, 9.17) is 4.91 Å². The lowest BCUT2D eigenvalue weighted by atomic mass is 12.4. The van der Waals surface area contributed by atoms with E-state index < -0.39 is 5.08 Å². The van der Waals surface area contributed by atoms with Gasteiger partial charge in [0, 0.05) is 0 Å². The Balaban J connectivity index is 3.53. The second-order valence-corrected chi connectivity index (χ2v) is 0.801. The highest BCUT2D eigenvalue weighted by atomic mass is 17.3. The van der Waals surface area contributed by atoms with Gasteiger partial charge in [-0.05, 0) is 4.94 Å². The molecule has 0 aromatic carbocycles. The van der Waals surface area contributed by atoms with Gasteiger partial charge in [-0.1, -0.05) is 10.8 Å². The summed E-state index contributed by atoms with van der Waals surface area (Å²) in [6.07, 6.45) is 0. The largest absolute Gasteiger partial charge is 0.530 e. The van der Waals surface area contributed by atoms with Gasteiger partial charge in [0.2, 0.25) is 5.34 Å². The first kappa shape index (κ1) is 7.20. The normalized spacial score (nSPS) is 16.9. The lowest BCUT2D eigenvalue weighted by Gasteiger charge is -2.19. The van der Waals surface area contributed by atoms with Crippen LogP contribution in [-0.2, 0) is 9.88 Å². The molecule has 0 aromatic heterocycles. The van der Waals surface area contributed by atoms with Crippen LogP contribution in [0.4, 0.5) is 0 Å². The highest BCUT2D eigenvalue weighted by Gasteiger charge is 2.13. The average Bonchev–Trinajstić information content (AvgIpc) is 1.67. The highest BCUT2D eigenvalue weighted by molar-refractivity contribution is 3.93. The van der Waals surface area contributed by atoms with Gasteiger partial charge in [-0.3, -0.25) is 0 Å². The molecule has 0 saturated carbocycles. The van der Waals surface area contributed by atoms with Crippen LogP contribution < -0.4 is 11.7 Å². The molecule has 48 valence electrons. The Bertz CT molecular complexity index is 78.1. The predicted octanol–water partition coefficient (Wildman–Crippen LogP) is -1.41. The molecule has 0 spiro atoms. The van der Waals surface area contributed by atoms with Crippen LogP contribution in [-0.4, -0.2) is 5.08 Å². The molecule has 4 N–H and O–H groups in total. The smallest absolute Gasteiger partial charge is 0.220 e. The van der Waals surface area contributed by atoms with Crippen molar-refractivity contribution in [1.29, 1.82) is 0 Å². The third-order valence-electron chi connectivity index (χ3n) is 0.294. The number of hydrogen-bond donors (Lipinski definition) is 2. The van der Waals surface area contributed by atoms with Gasteiger partial charge in [0.25, 0.3) is 0 Å². The minimum absolute atomic E-state index is 1.66. The third-order valence-corrected chi connectivity index (χ3v) is 0.294. The van der Waals surface area contributed by atoms with E-state index in [1.165, 1.54) is 0 Å². The number of rotatable bonds is 3. The van der Waals surface area contributed by atoms with E-state index in [2.05, 4.69) is 21.6 Å². The summed E-state index contributed by atoms with van der Waals surface area (Å²) in [4.78, 5) is 15.7. The zero-order valence-electron chi connectivity index (χ0n) is 3.68. The fraction of sp³-hybridized carbons (Fsp3) is 0. The first-order chi connectivity index (χ1) is 3.62. The Hall–Kier alpha value is -0.800. The van der Waals surface area contributed by atoms with E-state index in [1.807, 2.05) is 0 Å². The molecule has 0 saturated heterocycles. The van der Waals surface area contributed by atoms with Gasteiger partial charge in [-0.25, -0.2) is 0 Å². The summed E-state index contributed by atoms with van der Waals surface area (Å²) >= 11 is 0. The van der Waals surface area contributed by atoms with Crippen molar-refractivity contribution in [2.75, 3.05) is 0 Å². The molecule has 0 aliphatic heterocycles. The summed E-state index contributed by atoms with van der Waals surface area (Å²) in [6, 6.07) is 0. The number of nitrogens with zero attached hydrogens (tertiary/aromatic N) is 2. The number of nitrogens with two attached hydrogens (primary N) is 2. The van der Waals surface area contributed by atoms with Crippen molar-refractivity contribution < 1.29 is 15.0 Å². The van der Waals surface area contributed by atoms with Crippen molar-refractivity contribution in [1.82, 2.24) is 0 Å². The summed E-state index contributed by atoms with van der Waals surface area (Å²) in [6.45, 7) is 0. The molecule has 1 atom stereocenters. The summed E-state index contributed by atoms with van der Waals surface area (Å²) in [5.41, 5.74) is 0. The zero-order chi connectivity index (χ0) is 6.62. The zero-order valence-corrected chi connectivity index (χ0v) is 3.68. The van der Waals surface area contributed by atoms with Crippen LogP contribution in [0.1, 0.15) is 0 Å². The van der Waals surface area contributed by atoms with Crippen LogP contribution in [0.2, 0.25) is 0 Å². The molecule has 0 rings (SSSR count). The number of hydrogen-bond acceptors (Lipinski definition) is 7. The van der Waals surface area contributed by atoms with E-state index in [-0.39, 0.29) is 0 Å². The van der Waals surface area contributed by atoms with Gasteiger partial charge in [0.15, 0.2) is 0 Å². The molecule has 0 amide bonds. The van der Waals surface area contributed by atoms with Gasteiger partial charge >= 0.3 is 0 Å². The monoisotopic (exact) mass is 124 g/mol. The molecular formula is H4N4O4. The van der Waals surface area contributed by atoms with Gasteiger partial charge in [-0.15, -0.1) is 4.91 Å². The maximum atomic E-state index is 9.92. The summed E-state index contributed by atoms with van der Waals surface area (Å²) in [7, 11) is 0. The van der Waals surface area contributed by atoms with Crippen molar-refractivity contribution in [3.63, 3.8) is 0 Å². The lowest BCUT2D eigenvalue weighted by Crippen LogP contribution is -2.49. The molecule has 0 radical (unpaired) electrons. The second-order valence-electron chi connectivity index (χ2n) is 0.801. The second kappa shape index (κ2) is 2.49. The Morgan fingerprint density at radius 2 is 2.25 bits per heavy atom. The quantitative estimate of drug-likeness (QED) is 0.206. The van der Waals surface area contributed by atoms with Crippen molar-refractivity contribution in [3.05, 3.63) is 10.1 Å². The first-order valence-corrected chi connectivity index (χ1v) is 1.41. The molecule has 0 heterocycles. The topological polar surface area (TPSA) is 123 Å². The predicted molar refractivity (Wildman–Crippen MR) is 20.0 cm³/mol. The molecule has 1 unspecified atom stereocenters. The van der Waals surface area contributed by atoms with Crippen molar-refractivity contribution in [2.24, 2.45) is 17.1 Å². The average molecular weight is 124 g/mol. The van der Waals surface area contributed by atoms with E-state index in [1.54, 1.807) is 5.34 Å². The molecule has 0 aliphatic rings. The molecule has 8 nitrogen and oxygen atoms in total. The standard InChI is InChI=1S/H4N4O4/c1-4(6,7-2)8-3-5/h1-2H2. The Kier molecular flexibility index (Phi) is 2.24. The molecule has 0 aliphatic carbocycles. The molecule has 0 bridgehead atoms. The maximum Gasteiger partial charge on any atom is 0.220 e. The Morgan fingerprint density at radius 3 is 2.38 bits per heavy atom. The maximum absolute atomic E-state index is 9.92. The molecule has 0 fully saturated rings. The van der Waals surface area contributed by atoms with E-state index in [9.17, 15) is 5.21 Å². The highest BCUT2D eigenvalue weighted by Crippen LogP contribution is 1.92. The minimum Gasteiger partial charge on any atom is -0.530 e. The fourth-order valence-electron chi connectivity index (χ4n) is 0.0657. The molecular weight excluding hydrogens is 120 g/mol. The summed E-state index contributed by atoms with van der Waals surface area (Å²) in [5.74, 6) is 8.55. The van der Waals surface area contributed by atoms with Crippen LogP contribution in [0, 0.1) is 10.1 Å². The molecule has 0 aromatic rings. The summed E-state index contributed by atoms with van der Waals surface area (Å²) in [5, 5.41) is 9.29. The van der Waals surface area contributed by atoms with Crippen LogP contribution in [0.5, 0.6) is 0 Å². The lowest BCUT2D eigenvalue weighted by molar-refractivity contribution is -1.23. The van der Waals surface area contributed by atoms with Crippen LogP contribution in [0.3, 0.4) is 0 Å². The number of quaternary nitrogens is 1. The van der Waals surface area contributed by atoms with Crippen molar-refractivity contribution in [2.45, 2.75) is 0 Å². The first-order valence-electron chi connectivity index (χ1n) is 1.41. The van der Waals surface area contributed by atoms with Crippen molar-refractivity contribution in [3.8, 4) is 0 Å². The molecule has 8 heavy (non-hydrogen) atoms. The van der Waals surface area contributed by atoms with Crippen LogP contribution >= 0.6 is 0 Å². The minimum atomic E-state index is -2.29. The van der Waals surface area contributed by atoms with E-state index in [0.29, 0.717) is 0 Å².